The maximum absolute atomic E-state index is 10.4. The third-order valence-electron chi connectivity index (χ3n) is 3.61. The van der Waals surface area contributed by atoms with Gasteiger partial charge in [-0.05, 0) is 32.5 Å². The number of nitrogens with one attached hydrogen (secondary N) is 2. The maximum Gasteiger partial charge on any atom is 0.212 e. The lowest BCUT2D eigenvalue weighted by Crippen LogP contribution is -2.17. The van der Waals surface area contributed by atoms with Crippen LogP contribution in [-0.2, 0) is 4.79 Å². The zero-order valence-electron chi connectivity index (χ0n) is 10.3. The summed E-state index contributed by atoms with van der Waals surface area (Å²) in [6, 6.07) is 4.49. The first-order valence-electron chi connectivity index (χ1n) is 6.17. The summed E-state index contributed by atoms with van der Waals surface area (Å²) in [6.07, 6.45) is 4.86. The first-order valence-corrected chi connectivity index (χ1v) is 6.17. The lowest BCUT2D eigenvalue weighted by atomic mass is 10.1. The van der Waals surface area contributed by atoms with Crippen molar-refractivity contribution in [3.8, 4) is 0 Å². The van der Waals surface area contributed by atoms with Gasteiger partial charge in [0.05, 0.1) is 5.52 Å². The number of nitrogens with zero attached hydrogens (tertiary/aromatic N) is 2. The molecule has 18 heavy (non-hydrogen) atoms. The number of carbonyl (C=O) groups excluding carboxylic acids is 1. The number of aromatic nitrogens is 2. The summed E-state index contributed by atoms with van der Waals surface area (Å²) >= 11 is 0. The number of hydrogen-bond donors (Lipinski definition) is 2. The highest BCUT2D eigenvalue weighted by atomic mass is 16.1. The monoisotopic (exact) mass is 244 g/mol. The minimum absolute atomic E-state index is 0.472. The van der Waals surface area contributed by atoms with Crippen LogP contribution in [0, 0.1) is 0 Å². The number of pyridine rings is 1. The zero-order valence-corrected chi connectivity index (χ0v) is 10.3. The third kappa shape index (κ3) is 1.86. The second-order valence-corrected chi connectivity index (χ2v) is 4.78. The van der Waals surface area contributed by atoms with Crippen molar-refractivity contribution in [1.29, 1.82) is 0 Å². The fourth-order valence-corrected chi connectivity index (χ4v) is 2.67. The van der Waals surface area contributed by atoms with Gasteiger partial charge in [0.15, 0.2) is 0 Å². The van der Waals surface area contributed by atoms with Crippen LogP contribution in [0.15, 0.2) is 18.3 Å². The molecule has 1 aliphatic rings. The van der Waals surface area contributed by atoms with E-state index < -0.39 is 0 Å². The van der Waals surface area contributed by atoms with E-state index in [0.717, 1.165) is 17.4 Å². The van der Waals surface area contributed by atoms with E-state index in [4.69, 9.17) is 0 Å². The molecule has 2 aromatic heterocycles. The van der Waals surface area contributed by atoms with Crippen LogP contribution in [0.25, 0.3) is 10.9 Å². The summed E-state index contributed by atoms with van der Waals surface area (Å²) in [5.41, 5.74) is 2.25. The van der Waals surface area contributed by atoms with Gasteiger partial charge in [0.2, 0.25) is 6.41 Å². The quantitative estimate of drug-likeness (QED) is 0.811. The summed E-state index contributed by atoms with van der Waals surface area (Å²) in [4.78, 5) is 20.4. The molecule has 5 heteroatoms. The lowest BCUT2D eigenvalue weighted by molar-refractivity contribution is -0.105. The number of H-pyrrole nitrogens is 1. The van der Waals surface area contributed by atoms with Crippen molar-refractivity contribution >= 4 is 23.1 Å². The van der Waals surface area contributed by atoms with Crippen LogP contribution in [0.2, 0.25) is 0 Å². The van der Waals surface area contributed by atoms with Gasteiger partial charge in [-0.15, -0.1) is 0 Å². The van der Waals surface area contributed by atoms with E-state index in [9.17, 15) is 4.79 Å². The number of fused-ring (bicyclic) bond motifs is 1. The van der Waals surface area contributed by atoms with Gasteiger partial charge in [0.1, 0.15) is 5.82 Å². The highest BCUT2D eigenvalue weighted by Gasteiger charge is 2.23. The third-order valence-corrected chi connectivity index (χ3v) is 3.61. The summed E-state index contributed by atoms with van der Waals surface area (Å²) in [5.74, 6) is 0.575. The number of hydrogen-bond acceptors (Lipinski definition) is 3. The van der Waals surface area contributed by atoms with E-state index in [1.54, 1.807) is 6.20 Å². The van der Waals surface area contributed by atoms with Crippen molar-refractivity contribution in [2.45, 2.75) is 18.9 Å². The van der Waals surface area contributed by atoms with Gasteiger partial charge in [0, 0.05) is 29.4 Å². The van der Waals surface area contributed by atoms with Crippen LogP contribution < -0.4 is 5.32 Å². The fourth-order valence-electron chi connectivity index (χ4n) is 2.67. The molecule has 1 saturated heterocycles. The van der Waals surface area contributed by atoms with Crippen molar-refractivity contribution in [1.82, 2.24) is 14.9 Å². The molecule has 0 radical (unpaired) electrons. The molecule has 2 N–H and O–H groups in total. The Bertz CT molecular complexity index is 577. The lowest BCUT2D eigenvalue weighted by Gasteiger charge is -2.17. The zero-order chi connectivity index (χ0) is 12.5. The smallest absolute Gasteiger partial charge is 0.212 e. The first kappa shape index (κ1) is 11.2. The van der Waals surface area contributed by atoms with Crippen LogP contribution in [0.3, 0.4) is 0 Å². The van der Waals surface area contributed by atoms with Gasteiger partial charge in [-0.1, -0.05) is 0 Å². The van der Waals surface area contributed by atoms with Gasteiger partial charge < -0.3 is 10.3 Å². The Morgan fingerprint density at radius 2 is 2.44 bits per heavy atom. The molecule has 1 amide bonds. The Labute approximate surface area is 105 Å². The second kappa shape index (κ2) is 4.42. The summed E-state index contributed by atoms with van der Waals surface area (Å²) in [5, 5.41) is 3.65. The Hall–Kier alpha value is -1.88. The summed E-state index contributed by atoms with van der Waals surface area (Å²) < 4.78 is 0. The number of aromatic amines is 1. The van der Waals surface area contributed by atoms with Gasteiger partial charge in [-0.2, -0.15) is 0 Å². The molecule has 1 aliphatic heterocycles. The molecule has 0 aliphatic carbocycles. The molecule has 1 atom stereocenters. The average molecular weight is 244 g/mol. The van der Waals surface area contributed by atoms with Crippen LogP contribution in [0.4, 0.5) is 5.82 Å². The molecular formula is C13H16N4O. The highest BCUT2D eigenvalue weighted by Crippen LogP contribution is 2.31. The Morgan fingerprint density at radius 3 is 3.17 bits per heavy atom. The molecule has 1 fully saturated rings. The van der Waals surface area contributed by atoms with Crippen LogP contribution >= 0.6 is 0 Å². The van der Waals surface area contributed by atoms with E-state index in [2.05, 4.69) is 33.3 Å². The molecule has 2 aromatic rings. The molecule has 0 aromatic carbocycles. The van der Waals surface area contributed by atoms with E-state index in [-0.39, 0.29) is 0 Å². The van der Waals surface area contributed by atoms with Gasteiger partial charge in [-0.3, -0.25) is 9.69 Å². The molecule has 1 unspecified atom stereocenters. The highest BCUT2D eigenvalue weighted by molar-refractivity contribution is 5.84. The first-order chi connectivity index (χ1) is 8.78. The average Bonchev–Trinajstić information content (AvgIpc) is 2.94. The van der Waals surface area contributed by atoms with E-state index >= 15 is 0 Å². The molecular weight excluding hydrogens is 228 g/mol. The summed E-state index contributed by atoms with van der Waals surface area (Å²) in [6.45, 7) is 1.15. The Balaban J connectivity index is 1.97. The van der Waals surface area contributed by atoms with E-state index in [1.807, 2.05) is 6.07 Å². The van der Waals surface area contributed by atoms with Crippen molar-refractivity contribution in [3.63, 3.8) is 0 Å². The van der Waals surface area contributed by atoms with Gasteiger partial charge >= 0.3 is 0 Å². The SMILES string of the molecule is CN1CCCC1c1cc2cnc(NC=O)cc2[nH]1. The number of rotatable bonds is 3. The number of anilines is 1. The van der Waals surface area contributed by atoms with Gasteiger partial charge in [-0.25, -0.2) is 4.98 Å². The standard InChI is InChI=1S/C13H16N4O/c1-17-4-2-3-12(17)11-5-9-7-14-13(15-8-18)6-10(9)16-11/h5-8,12,16H,2-4H2,1H3,(H,14,15,18). The molecule has 0 bridgehead atoms. The fraction of sp³-hybridized carbons (Fsp3) is 0.385. The minimum atomic E-state index is 0.472. The Kier molecular flexibility index (Phi) is 2.76. The Morgan fingerprint density at radius 1 is 1.56 bits per heavy atom. The molecule has 5 nitrogen and oxygen atoms in total. The number of carbonyl (C=O) groups is 1. The molecule has 3 rings (SSSR count). The van der Waals surface area contributed by atoms with Crippen LogP contribution in [-0.4, -0.2) is 34.9 Å². The van der Waals surface area contributed by atoms with Crippen LogP contribution in [0.1, 0.15) is 24.6 Å². The summed E-state index contributed by atoms with van der Waals surface area (Å²) in [7, 11) is 2.15. The van der Waals surface area contributed by atoms with Crippen molar-refractivity contribution < 1.29 is 4.79 Å². The molecule has 0 saturated carbocycles. The normalized spacial score (nSPS) is 20.4. The van der Waals surface area contributed by atoms with E-state index in [0.29, 0.717) is 18.3 Å². The van der Waals surface area contributed by atoms with Crippen molar-refractivity contribution in [2.75, 3.05) is 18.9 Å². The van der Waals surface area contributed by atoms with Crippen molar-refractivity contribution in [2.24, 2.45) is 0 Å². The molecule has 0 spiro atoms. The number of amides is 1. The van der Waals surface area contributed by atoms with Crippen molar-refractivity contribution in [3.05, 3.63) is 24.0 Å². The van der Waals surface area contributed by atoms with E-state index in [1.165, 1.54) is 18.5 Å². The van der Waals surface area contributed by atoms with Gasteiger partial charge in [0.25, 0.3) is 0 Å². The largest absolute Gasteiger partial charge is 0.357 e. The maximum atomic E-state index is 10.4. The topological polar surface area (TPSA) is 61.0 Å². The predicted octanol–water partition coefficient (Wildman–Crippen LogP) is 1.90. The number of likely N-dealkylation sites (tertiary alicyclic amines) is 1. The second-order valence-electron chi connectivity index (χ2n) is 4.78. The molecule has 3 heterocycles. The molecule has 94 valence electrons. The van der Waals surface area contributed by atoms with Crippen LogP contribution in [0.5, 0.6) is 0 Å². The minimum Gasteiger partial charge on any atom is -0.357 e. The predicted molar refractivity (Wildman–Crippen MR) is 70.4 cm³/mol.